The number of benzene rings is 1. The summed E-state index contributed by atoms with van der Waals surface area (Å²) in [7, 11) is 3.52. The number of hydrogen-bond acceptors (Lipinski definition) is 5. The summed E-state index contributed by atoms with van der Waals surface area (Å²) in [6.07, 6.45) is 0.727. The average molecular weight is 304 g/mol. The second-order valence-corrected chi connectivity index (χ2v) is 6.35. The third kappa shape index (κ3) is 2.83. The number of fused-ring (bicyclic) bond motifs is 1. The van der Waals surface area contributed by atoms with E-state index < -0.39 is 6.10 Å². The van der Waals surface area contributed by atoms with E-state index in [0.717, 1.165) is 19.6 Å². The average Bonchev–Trinajstić information content (AvgIpc) is 2.84. The van der Waals surface area contributed by atoms with Crippen LogP contribution >= 0.6 is 0 Å². The highest BCUT2D eigenvalue weighted by Crippen LogP contribution is 2.33. The lowest BCUT2D eigenvalue weighted by Crippen LogP contribution is -2.42. The number of para-hydroxylation sites is 1. The first-order valence-electron chi connectivity index (χ1n) is 7.89. The first-order valence-corrected chi connectivity index (χ1v) is 7.89. The molecule has 5 heteroatoms. The van der Waals surface area contributed by atoms with Gasteiger partial charge in [-0.2, -0.15) is 0 Å². The second kappa shape index (κ2) is 6.26. The number of rotatable bonds is 2. The number of likely N-dealkylation sites (N-methyl/N-ethyl adjacent to an activating group) is 1. The third-order valence-corrected chi connectivity index (χ3v) is 5.00. The Morgan fingerprint density at radius 2 is 2.05 bits per heavy atom. The largest absolute Gasteiger partial charge is 0.469 e. The molecule has 1 aliphatic carbocycles. The molecular weight excluding hydrogens is 280 g/mol. The van der Waals surface area contributed by atoms with Gasteiger partial charge in [0, 0.05) is 38.4 Å². The number of carbonyl (C=O) groups excluding carboxylic acids is 1. The van der Waals surface area contributed by atoms with Crippen molar-refractivity contribution in [1.29, 1.82) is 0 Å². The first kappa shape index (κ1) is 15.3. The molecule has 0 amide bonds. The SMILES string of the molecule is COC(=O)[C@@H]1C[C@@H](O)[C@H](N2CCN(C)c3ccccc3C2)C1. The first-order chi connectivity index (χ1) is 10.6. The zero-order valence-electron chi connectivity index (χ0n) is 13.2. The molecule has 1 saturated carbocycles. The minimum absolute atomic E-state index is 0.0312. The van der Waals surface area contributed by atoms with Gasteiger partial charge in [0.2, 0.25) is 0 Å². The number of ether oxygens (including phenoxy) is 1. The smallest absolute Gasteiger partial charge is 0.308 e. The van der Waals surface area contributed by atoms with Crippen molar-refractivity contribution in [1.82, 2.24) is 4.90 Å². The molecule has 0 saturated heterocycles. The number of hydrogen-bond donors (Lipinski definition) is 1. The maximum Gasteiger partial charge on any atom is 0.308 e. The van der Waals surface area contributed by atoms with Gasteiger partial charge in [-0.1, -0.05) is 18.2 Å². The Labute approximate surface area is 131 Å². The van der Waals surface area contributed by atoms with Crippen molar-refractivity contribution in [3.05, 3.63) is 29.8 Å². The molecule has 3 atom stereocenters. The van der Waals surface area contributed by atoms with E-state index in [1.807, 2.05) is 0 Å². The number of aliphatic hydroxyl groups excluding tert-OH is 1. The molecule has 1 N–H and O–H groups in total. The van der Waals surface area contributed by atoms with Crippen LogP contribution in [0.4, 0.5) is 5.69 Å². The lowest BCUT2D eigenvalue weighted by atomic mass is 10.1. The van der Waals surface area contributed by atoms with Gasteiger partial charge in [-0.3, -0.25) is 9.69 Å². The lowest BCUT2D eigenvalue weighted by molar-refractivity contribution is -0.145. The summed E-state index contributed by atoms with van der Waals surface area (Å²) < 4.78 is 4.84. The molecule has 22 heavy (non-hydrogen) atoms. The maximum absolute atomic E-state index is 11.7. The summed E-state index contributed by atoms with van der Waals surface area (Å²) in [5.74, 6) is -0.380. The van der Waals surface area contributed by atoms with Crippen molar-refractivity contribution >= 4 is 11.7 Å². The Balaban J connectivity index is 1.77. The van der Waals surface area contributed by atoms with Crippen LogP contribution in [0, 0.1) is 5.92 Å². The van der Waals surface area contributed by atoms with Crippen molar-refractivity contribution in [3.8, 4) is 0 Å². The molecule has 2 aliphatic rings. The van der Waals surface area contributed by atoms with Crippen LogP contribution in [0.2, 0.25) is 0 Å². The standard InChI is InChI=1S/C17H24N2O3/c1-18-7-8-19(11-12-5-3-4-6-14(12)18)15-9-13(10-16(15)20)17(21)22-2/h3-6,13,15-16,20H,7-11H2,1-2H3/t13-,15+,16+/m0/s1. The quantitative estimate of drug-likeness (QED) is 0.834. The number of carbonyl (C=O) groups is 1. The van der Waals surface area contributed by atoms with Crippen molar-refractivity contribution in [2.24, 2.45) is 5.92 Å². The number of aliphatic hydroxyl groups is 1. The molecule has 1 heterocycles. The van der Waals surface area contributed by atoms with Crippen LogP contribution in [0.5, 0.6) is 0 Å². The van der Waals surface area contributed by atoms with E-state index in [0.29, 0.717) is 12.8 Å². The topological polar surface area (TPSA) is 53.0 Å². The van der Waals surface area contributed by atoms with Gasteiger partial charge in [0.1, 0.15) is 0 Å². The Morgan fingerprint density at radius 1 is 1.27 bits per heavy atom. The van der Waals surface area contributed by atoms with Crippen molar-refractivity contribution in [3.63, 3.8) is 0 Å². The highest BCUT2D eigenvalue weighted by Gasteiger charge is 2.41. The Bertz CT molecular complexity index is 548. The predicted molar refractivity (Wildman–Crippen MR) is 84.7 cm³/mol. The molecule has 0 spiro atoms. The number of anilines is 1. The monoisotopic (exact) mass is 304 g/mol. The molecule has 0 radical (unpaired) electrons. The fourth-order valence-electron chi connectivity index (χ4n) is 3.74. The molecule has 3 rings (SSSR count). The molecule has 1 aliphatic heterocycles. The van der Waals surface area contributed by atoms with Crippen LogP contribution in [0.25, 0.3) is 0 Å². The van der Waals surface area contributed by atoms with E-state index in [9.17, 15) is 9.90 Å². The van der Waals surface area contributed by atoms with E-state index >= 15 is 0 Å². The third-order valence-electron chi connectivity index (χ3n) is 5.00. The van der Waals surface area contributed by atoms with E-state index in [1.165, 1.54) is 18.4 Å². The maximum atomic E-state index is 11.7. The van der Waals surface area contributed by atoms with E-state index in [2.05, 4.69) is 41.1 Å². The summed E-state index contributed by atoms with van der Waals surface area (Å²) >= 11 is 0. The highest BCUT2D eigenvalue weighted by atomic mass is 16.5. The molecule has 0 unspecified atom stereocenters. The van der Waals surface area contributed by atoms with Crippen LogP contribution in [0.3, 0.4) is 0 Å². The normalized spacial score (nSPS) is 29.0. The van der Waals surface area contributed by atoms with E-state index in [-0.39, 0.29) is 17.9 Å². The Kier molecular flexibility index (Phi) is 4.36. The highest BCUT2D eigenvalue weighted by molar-refractivity contribution is 5.72. The number of esters is 1. The summed E-state index contributed by atoms with van der Waals surface area (Å²) in [6.45, 7) is 2.63. The number of methoxy groups -OCH3 is 1. The second-order valence-electron chi connectivity index (χ2n) is 6.35. The van der Waals surface area contributed by atoms with Crippen molar-refractivity contribution < 1.29 is 14.6 Å². The van der Waals surface area contributed by atoms with Crippen LogP contribution in [-0.4, -0.2) is 55.4 Å². The summed E-state index contributed by atoms with van der Waals surface area (Å²) in [5.41, 5.74) is 2.53. The molecule has 1 aromatic rings. The van der Waals surface area contributed by atoms with Gasteiger partial charge in [-0.05, 0) is 24.5 Å². The van der Waals surface area contributed by atoms with Crippen LogP contribution < -0.4 is 4.90 Å². The fraction of sp³-hybridized carbons (Fsp3) is 0.588. The number of nitrogens with zero attached hydrogens (tertiary/aromatic N) is 2. The van der Waals surface area contributed by atoms with Gasteiger partial charge in [-0.15, -0.1) is 0 Å². The van der Waals surface area contributed by atoms with Gasteiger partial charge in [-0.25, -0.2) is 0 Å². The minimum Gasteiger partial charge on any atom is -0.469 e. The van der Waals surface area contributed by atoms with Gasteiger partial charge in [0.15, 0.2) is 0 Å². The fourth-order valence-corrected chi connectivity index (χ4v) is 3.74. The molecule has 1 fully saturated rings. The summed E-state index contributed by atoms with van der Waals surface area (Å²) in [5, 5.41) is 10.4. The molecule has 1 aromatic carbocycles. The van der Waals surface area contributed by atoms with Crippen molar-refractivity contribution in [2.45, 2.75) is 31.5 Å². The van der Waals surface area contributed by atoms with Crippen LogP contribution in [0.15, 0.2) is 24.3 Å². The summed E-state index contributed by atoms with van der Waals surface area (Å²) in [6, 6.07) is 8.43. The van der Waals surface area contributed by atoms with Crippen molar-refractivity contribution in [2.75, 3.05) is 32.1 Å². The van der Waals surface area contributed by atoms with Crippen LogP contribution in [-0.2, 0) is 16.1 Å². The Hall–Kier alpha value is -1.59. The van der Waals surface area contributed by atoms with Crippen LogP contribution in [0.1, 0.15) is 18.4 Å². The lowest BCUT2D eigenvalue weighted by Gasteiger charge is -2.29. The minimum atomic E-state index is -0.459. The molecular formula is C17H24N2O3. The van der Waals surface area contributed by atoms with E-state index in [4.69, 9.17) is 4.74 Å². The predicted octanol–water partition coefficient (Wildman–Crippen LogP) is 1.25. The molecule has 5 nitrogen and oxygen atoms in total. The molecule has 0 bridgehead atoms. The zero-order valence-corrected chi connectivity index (χ0v) is 13.2. The van der Waals surface area contributed by atoms with E-state index in [1.54, 1.807) is 0 Å². The molecule has 120 valence electrons. The van der Waals surface area contributed by atoms with Gasteiger partial charge in [0.25, 0.3) is 0 Å². The van der Waals surface area contributed by atoms with Gasteiger partial charge in [0.05, 0.1) is 19.1 Å². The van der Waals surface area contributed by atoms with Gasteiger partial charge >= 0.3 is 5.97 Å². The van der Waals surface area contributed by atoms with Gasteiger partial charge < -0.3 is 14.7 Å². The summed E-state index contributed by atoms with van der Waals surface area (Å²) in [4.78, 5) is 16.3. The zero-order chi connectivity index (χ0) is 15.7. The molecule has 0 aromatic heterocycles. The Morgan fingerprint density at radius 3 is 2.82 bits per heavy atom.